The Kier molecular flexibility index (Phi) is 6.57. The monoisotopic (exact) mass is 375 g/mol. The van der Waals surface area contributed by atoms with E-state index in [1.165, 1.54) is 10.4 Å². The van der Waals surface area contributed by atoms with Crippen molar-refractivity contribution in [1.82, 2.24) is 4.31 Å². The maximum absolute atomic E-state index is 12.3. The zero-order chi connectivity index (χ0) is 13.8. The molecule has 0 radical (unpaired) electrons. The van der Waals surface area contributed by atoms with Gasteiger partial charge >= 0.3 is 0 Å². The van der Waals surface area contributed by atoms with Crippen LogP contribution in [0.15, 0.2) is 14.1 Å². The maximum Gasteiger partial charge on any atom is 0.252 e. The Hall–Kier alpha value is 0.340. The Morgan fingerprint density at radius 2 is 2.17 bits per heavy atom. The lowest BCUT2D eigenvalue weighted by molar-refractivity contribution is 0.252. The molecule has 1 aromatic rings. The van der Waals surface area contributed by atoms with Crippen LogP contribution in [0.5, 0.6) is 0 Å². The average Bonchev–Trinajstić information content (AvgIpc) is 2.65. The number of hydrogen-bond acceptors (Lipinski definition) is 4. The number of sulfonamides is 1. The van der Waals surface area contributed by atoms with E-state index in [4.69, 9.17) is 16.7 Å². The molecule has 0 atom stereocenters. The van der Waals surface area contributed by atoms with Crippen molar-refractivity contribution in [3.63, 3.8) is 0 Å². The number of aliphatic hydroxyl groups excluding tert-OH is 1. The molecule has 0 spiro atoms. The first-order valence-corrected chi connectivity index (χ1v) is 8.92. The molecule has 1 heterocycles. The van der Waals surface area contributed by atoms with Crippen LogP contribution in [0.1, 0.15) is 19.8 Å². The normalized spacial score (nSPS) is 12.3. The number of hydrogen-bond donors (Lipinski definition) is 1. The topological polar surface area (TPSA) is 57.6 Å². The molecule has 1 rings (SSSR count). The summed E-state index contributed by atoms with van der Waals surface area (Å²) < 4.78 is 26.8. The van der Waals surface area contributed by atoms with Crippen LogP contribution in [-0.2, 0) is 10.0 Å². The minimum atomic E-state index is -3.56. The van der Waals surface area contributed by atoms with Gasteiger partial charge in [0.25, 0.3) is 10.0 Å². The van der Waals surface area contributed by atoms with E-state index in [0.717, 1.165) is 24.2 Å². The first-order valence-electron chi connectivity index (χ1n) is 5.49. The van der Waals surface area contributed by atoms with Gasteiger partial charge in [0, 0.05) is 13.1 Å². The van der Waals surface area contributed by atoms with E-state index in [1.54, 1.807) is 0 Å². The Morgan fingerprint density at radius 3 is 2.61 bits per heavy atom. The quantitative estimate of drug-likeness (QED) is 0.796. The molecule has 0 unspecified atom stereocenters. The molecular formula is C10H15BrClNO3S2. The molecular weight excluding hydrogens is 362 g/mol. The lowest BCUT2D eigenvalue weighted by Crippen LogP contribution is -2.34. The minimum Gasteiger partial charge on any atom is -0.395 e. The van der Waals surface area contributed by atoms with E-state index < -0.39 is 10.0 Å². The van der Waals surface area contributed by atoms with Crippen molar-refractivity contribution in [2.75, 3.05) is 19.7 Å². The van der Waals surface area contributed by atoms with Crippen LogP contribution in [0.4, 0.5) is 0 Å². The molecule has 0 bridgehead atoms. The van der Waals surface area contributed by atoms with E-state index in [0.29, 0.717) is 15.4 Å². The highest BCUT2D eigenvalue weighted by molar-refractivity contribution is 9.11. The highest BCUT2D eigenvalue weighted by atomic mass is 79.9. The SMILES string of the molecule is CCCCN(CCO)S(=O)(=O)c1cc(Cl)c(Br)s1. The third-order valence-electron chi connectivity index (χ3n) is 2.33. The van der Waals surface area contributed by atoms with Crippen LogP contribution in [0.25, 0.3) is 0 Å². The number of unbranched alkanes of at least 4 members (excludes halogenated alkanes) is 1. The Balaban J connectivity index is 3.00. The second-order valence-electron chi connectivity index (χ2n) is 3.67. The number of aliphatic hydroxyl groups is 1. The summed E-state index contributed by atoms with van der Waals surface area (Å²) in [7, 11) is -3.56. The van der Waals surface area contributed by atoms with Gasteiger partial charge in [0.2, 0.25) is 0 Å². The molecule has 18 heavy (non-hydrogen) atoms. The lowest BCUT2D eigenvalue weighted by atomic mass is 10.3. The summed E-state index contributed by atoms with van der Waals surface area (Å²) in [6.45, 7) is 2.31. The van der Waals surface area contributed by atoms with Crippen LogP contribution < -0.4 is 0 Å². The van der Waals surface area contributed by atoms with Gasteiger partial charge in [0.15, 0.2) is 0 Å². The Morgan fingerprint density at radius 1 is 1.50 bits per heavy atom. The van der Waals surface area contributed by atoms with E-state index >= 15 is 0 Å². The smallest absolute Gasteiger partial charge is 0.252 e. The zero-order valence-electron chi connectivity index (χ0n) is 9.90. The van der Waals surface area contributed by atoms with Crippen LogP contribution in [0, 0.1) is 0 Å². The van der Waals surface area contributed by atoms with Gasteiger partial charge in [0.05, 0.1) is 15.4 Å². The summed E-state index contributed by atoms with van der Waals surface area (Å²) in [5.41, 5.74) is 0. The van der Waals surface area contributed by atoms with E-state index in [2.05, 4.69) is 15.9 Å². The van der Waals surface area contributed by atoms with Crippen LogP contribution in [0.2, 0.25) is 5.02 Å². The molecule has 0 aliphatic carbocycles. The van der Waals surface area contributed by atoms with Crippen molar-refractivity contribution in [3.05, 3.63) is 14.9 Å². The number of nitrogens with zero attached hydrogens (tertiary/aromatic N) is 1. The predicted molar refractivity (Wildman–Crippen MR) is 77.8 cm³/mol. The molecule has 0 aromatic carbocycles. The van der Waals surface area contributed by atoms with Crippen molar-refractivity contribution < 1.29 is 13.5 Å². The molecule has 104 valence electrons. The van der Waals surface area contributed by atoms with Crippen molar-refractivity contribution in [3.8, 4) is 0 Å². The van der Waals surface area contributed by atoms with Crippen molar-refractivity contribution in [1.29, 1.82) is 0 Å². The second kappa shape index (κ2) is 7.21. The fourth-order valence-electron chi connectivity index (χ4n) is 1.38. The van der Waals surface area contributed by atoms with Gasteiger partial charge in [-0.25, -0.2) is 8.42 Å². The van der Waals surface area contributed by atoms with Gasteiger partial charge in [-0.2, -0.15) is 4.31 Å². The van der Waals surface area contributed by atoms with E-state index in [9.17, 15) is 8.42 Å². The van der Waals surface area contributed by atoms with E-state index in [-0.39, 0.29) is 17.4 Å². The molecule has 0 aliphatic rings. The van der Waals surface area contributed by atoms with Gasteiger partial charge in [-0.3, -0.25) is 0 Å². The number of thiophene rings is 1. The zero-order valence-corrected chi connectivity index (χ0v) is 13.9. The summed E-state index contributed by atoms with van der Waals surface area (Å²) in [6, 6.07) is 1.43. The Labute approximate surface area is 125 Å². The fourth-order valence-corrected chi connectivity index (χ4v) is 5.40. The molecule has 4 nitrogen and oxygen atoms in total. The highest BCUT2D eigenvalue weighted by Gasteiger charge is 2.26. The minimum absolute atomic E-state index is 0.107. The standard InChI is InChI=1S/C10H15BrClNO3S2/c1-2-3-4-13(5-6-14)18(15,16)9-7-8(12)10(11)17-9/h7,14H,2-6H2,1H3. The molecule has 1 N–H and O–H groups in total. The van der Waals surface area contributed by atoms with Crippen molar-refractivity contribution >= 4 is 48.9 Å². The summed E-state index contributed by atoms with van der Waals surface area (Å²) in [5, 5.41) is 9.36. The lowest BCUT2D eigenvalue weighted by Gasteiger charge is -2.19. The summed E-state index contributed by atoms with van der Waals surface area (Å²) in [5.74, 6) is 0. The van der Waals surface area contributed by atoms with Gasteiger partial charge in [-0.05, 0) is 28.4 Å². The van der Waals surface area contributed by atoms with Crippen LogP contribution in [0.3, 0.4) is 0 Å². The first kappa shape index (κ1) is 16.4. The predicted octanol–water partition coefficient (Wildman–Crippen LogP) is 2.95. The van der Waals surface area contributed by atoms with Crippen molar-refractivity contribution in [2.45, 2.75) is 24.0 Å². The third-order valence-corrected chi connectivity index (χ3v) is 7.15. The summed E-state index contributed by atoms with van der Waals surface area (Å²) in [4.78, 5) is 0. The molecule has 0 fully saturated rings. The van der Waals surface area contributed by atoms with Gasteiger partial charge in [0.1, 0.15) is 4.21 Å². The first-order chi connectivity index (χ1) is 8.43. The number of rotatable bonds is 7. The average molecular weight is 377 g/mol. The third kappa shape index (κ3) is 3.91. The summed E-state index contributed by atoms with van der Waals surface area (Å²) in [6.07, 6.45) is 1.66. The molecule has 0 amide bonds. The van der Waals surface area contributed by atoms with Crippen LogP contribution in [-0.4, -0.2) is 37.5 Å². The van der Waals surface area contributed by atoms with E-state index in [1.807, 2.05) is 6.92 Å². The Bertz CT molecular complexity index is 470. The maximum atomic E-state index is 12.3. The molecule has 1 aromatic heterocycles. The highest BCUT2D eigenvalue weighted by Crippen LogP contribution is 2.35. The molecule has 0 saturated carbocycles. The summed E-state index contributed by atoms with van der Waals surface area (Å²) >= 11 is 10.1. The van der Waals surface area contributed by atoms with Gasteiger partial charge < -0.3 is 5.11 Å². The fraction of sp³-hybridized carbons (Fsp3) is 0.600. The number of halogens is 2. The largest absolute Gasteiger partial charge is 0.395 e. The molecule has 0 saturated heterocycles. The van der Waals surface area contributed by atoms with Crippen molar-refractivity contribution in [2.24, 2.45) is 0 Å². The van der Waals surface area contributed by atoms with Gasteiger partial charge in [-0.1, -0.05) is 24.9 Å². The van der Waals surface area contributed by atoms with Crippen LogP contribution >= 0.6 is 38.9 Å². The molecule has 8 heteroatoms. The molecule has 0 aliphatic heterocycles. The van der Waals surface area contributed by atoms with Gasteiger partial charge in [-0.15, -0.1) is 11.3 Å². The second-order valence-corrected chi connectivity index (χ2v) is 8.61.